The second-order valence-corrected chi connectivity index (χ2v) is 10.1. The number of rotatable bonds is 6. The van der Waals surface area contributed by atoms with Crippen molar-refractivity contribution in [3.63, 3.8) is 0 Å². The van der Waals surface area contributed by atoms with Crippen LogP contribution in [0.15, 0.2) is 29.7 Å². The van der Waals surface area contributed by atoms with Crippen LogP contribution in [0.4, 0.5) is 0 Å². The Labute approximate surface area is 163 Å². The van der Waals surface area contributed by atoms with Gasteiger partial charge in [-0.2, -0.15) is 0 Å². The van der Waals surface area contributed by atoms with E-state index in [0.717, 1.165) is 5.56 Å². The first-order valence-corrected chi connectivity index (χ1v) is 11.5. The van der Waals surface area contributed by atoms with Crippen molar-refractivity contribution in [2.24, 2.45) is 7.05 Å². The summed E-state index contributed by atoms with van der Waals surface area (Å²) in [4.78, 5) is 18.6. The molecular formula is C17H23N5O3S2. The fourth-order valence-electron chi connectivity index (χ4n) is 3.23. The van der Waals surface area contributed by atoms with E-state index in [2.05, 4.69) is 15.2 Å². The molecule has 2 atom stereocenters. The van der Waals surface area contributed by atoms with Crippen LogP contribution < -0.4 is 0 Å². The van der Waals surface area contributed by atoms with Crippen molar-refractivity contribution < 1.29 is 13.2 Å². The third-order valence-corrected chi connectivity index (χ3v) is 7.55. The molecule has 1 aliphatic heterocycles. The number of aromatic nitrogens is 4. The molecule has 2 aromatic heterocycles. The van der Waals surface area contributed by atoms with E-state index < -0.39 is 9.84 Å². The summed E-state index contributed by atoms with van der Waals surface area (Å²) in [5, 5.41) is 8.68. The van der Waals surface area contributed by atoms with Crippen LogP contribution in [0.1, 0.15) is 20.3 Å². The van der Waals surface area contributed by atoms with Crippen molar-refractivity contribution in [1.29, 1.82) is 0 Å². The lowest BCUT2D eigenvalue weighted by atomic mass is 10.2. The number of hydrogen-bond acceptors (Lipinski definition) is 7. The standard InChI is InChI=1S/C17H23N5O3S2/c1-4-22(14-7-10-27(24,25)11-14)16(23)12(2)26-17-20-19-15(21(17)3)13-5-8-18-9-6-13/h5-6,8-9,12,14H,4,7,10-11H2,1-3H3/t12-,14-/m1/s1. The molecule has 2 aromatic rings. The Balaban J connectivity index is 1.72. The Kier molecular flexibility index (Phi) is 5.85. The van der Waals surface area contributed by atoms with E-state index in [-0.39, 0.29) is 28.7 Å². The molecule has 0 radical (unpaired) electrons. The summed E-state index contributed by atoms with van der Waals surface area (Å²) in [5.41, 5.74) is 0.900. The number of carbonyl (C=O) groups is 1. The van der Waals surface area contributed by atoms with Crippen LogP contribution in [0.2, 0.25) is 0 Å². The van der Waals surface area contributed by atoms with Gasteiger partial charge in [-0.15, -0.1) is 10.2 Å². The average molecular weight is 410 g/mol. The molecule has 0 aromatic carbocycles. The number of sulfone groups is 1. The number of amides is 1. The minimum absolute atomic E-state index is 0.0557. The van der Waals surface area contributed by atoms with Gasteiger partial charge in [0.05, 0.1) is 16.8 Å². The smallest absolute Gasteiger partial charge is 0.236 e. The van der Waals surface area contributed by atoms with Crippen LogP contribution in [0, 0.1) is 0 Å². The molecule has 3 heterocycles. The van der Waals surface area contributed by atoms with Gasteiger partial charge in [-0.1, -0.05) is 11.8 Å². The largest absolute Gasteiger partial charge is 0.338 e. The quantitative estimate of drug-likeness (QED) is 0.665. The Bertz CT molecular complexity index is 914. The van der Waals surface area contributed by atoms with Crippen LogP contribution in [0.5, 0.6) is 0 Å². The van der Waals surface area contributed by atoms with E-state index in [9.17, 15) is 13.2 Å². The minimum Gasteiger partial charge on any atom is -0.338 e. The number of hydrogen-bond donors (Lipinski definition) is 0. The van der Waals surface area contributed by atoms with Gasteiger partial charge in [-0.3, -0.25) is 9.78 Å². The first-order valence-electron chi connectivity index (χ1n) is 8.79. The van der Waals surface area contributed by atoms with Crippen molar-refractivity contribution in [2.75, 3.05) is 18.1 Å². The summed E-state index contributed by atoms with van der Waals surface area (Å²) in [5.74, 6) is 0.841. The van der Waals surface area contributed by atoms with Gasteiger partial charge in [0, 0.05) is 37.6 Å². The van der Waals surface area contributed by atoms with Gasteiger partial charge in [-0.05, 0) is 32.4 Å². The zero-order valence-corrected chi connectivity index (χ0v) is 17.2. The zero-order valence-electron chi connectivity index (χ0n) is 15.6. The van der Waals surface area contributed by atoms with Crippen LogP contribution in [0.3, 0.4) is 0 Å². The number of nitrogens with zero attached hydrogens (tertiary/aromatic N) is 5. The maximum absolute atomic E-state index is 12.9. The third kappa shape index (κ3) is 4.32. The van der Waals surface area contributed by atoms with E-state index in [1.54, 1.807) is 17.3 Å². The second kappa shape index (κ2) is 7.97. The van der Waals surface area contributed by atoms with Gasteiger partial charge in [0.1, 0.15) is 0 Å². The molecule has 1 fully saturated rings. The number of carbonyl (C=O) groups excluding carboxylic acids is 1. The molecule has 0 N–H and O–H groups in total. The molecule has 3 rings (SSSR count). The Morgan fingerprint density at radius 2 is 2.07 bits per heavy atom. The highest BCUT2D eigenvalue weighted by Crippen LogP contribution is 2.28. The summed E-state index contributed by atoms with van der Waals surface area (Å²) in [6.07, 6.45) is 3.89. The molecule has 1 aliphatic rings. The van der Waals surface area contributed by atoms with Crippen molar-refractivity contribution in [3.8, 4) is 11.4 Å². The van der Waals surface area contributed by atoms with Crippen molar-refractivity contribution >= 4 is 27.5 Å². The first kappa shape index (κ1) is 19.8. The van der Waals surface area contributed by atoms with Crippen LogP contribution in [-0.2, 0) is 21.7 Å². The predicted octanol–water partition coefficient (Wildman–Crippen LogP) is 1.39. The van der Waals surface area contributed by atoms with Crippen molar-refractivity contribution in [1.82, 2.24) is 24.6 Å². The zero-order chi connectivity index (χ0) is 19.6. The molecule has 0 spiro atoms. The lowest BCUT2D eigenvalue weighted by Gasteiger charge is -2.29. The highest BCUT2D eigenvalue weighted by molar-refractivity contribution is 8.00. The fourth-order valence-corrected chi connectivity index (χ4v) is 5.84. The van der Waals surface area contributed by atoms with Crippen molar-refractivity contribution in [3.05, 3.63) is 24.5 Å². The fraction of sp³-hybridized carbons (Fsp3) is 0.529. The Morgan fingerprint density at radius 3 is 2.67 bits per heavy atom. The molecule has 8 nitrogen and oxygen atoms in total. The van der Waals surface area contributed by atoms with Gasteiger partial charge in [0.15, 0.2) is 20.8 Å². The van der Waals surface area contributed by atoms with Crippen LogP contribution in [-0.4, -0.2) is 68.3 Å². The monoisotopic (exact) mass is 409 g/mol. The summed E-state index contributed by atoms with van der Waals surface area (Å²) >= 11 is 1.33. The van der Waals surface area contributed by atoms with E-state index >= 15 is 0 Å². The maximum Gasteiger partial charge on any atom is 0.236 e. The molecule has 0 unspecified atom stereocenters. The average Bonchev–Trinajstić information content (AvgIpc) is 3.19. The van der Waals surface area contributed by atoms with Gasteiger partial charge >= 0.3 is 0 Å². The van der Waals surface area contributed by atoms with Gasteiger partial charge in [0.25, 0.3) is 0 Å². The molecule has 146 valence electrons. The minimum atomic E-state index is -3.03. The molecule has 0 bridgehead atoms. The van der Waals surface area contributed by atoms with E-state index in [4.69, 9.17) is 0 Å². The van der Waals surface area contributed by atoms with Gasteiger partial charge in [-0.25, -0.2) is 8.42 Å². The summed E-state index contributed by atoms with van der Waals surface area (Å²) < 4.78 is 25.4. The Morgan fingerprint density at radius 1 is 1.37 bits per heavy atom. The lowest BCUT2D eigenvalue weighted by molar-refractivity contribution is -0.131. The molecule has 27 heavy (non-hydrogen) atoms. The molecule has 10 heteroatoms. The molecule has 1 amide bonds. The van der Waals surface area contributed by atoms with E-state index in [1.807, 2.05) is 37.6 Å². The normalized spacial score (nSPS) is 19.7. The predicted molar refractivity (Wildman–Crippen MR) is 104 cm³/mol. The summed E-state index contributed by atoms with van der Waals surface area (Å²) in [6, 6.07) is 3.47. The number of pyridine rings is 1. The highest BCUT2D eigenvalue weighted by atomic mass is 32.2. The topological polar surface area (TPSA) is 98.1 Å². The molecular weight excluding hydrogens is 386 g/mol. The molecule has 0 aliphatic carbocycles. The Hall–Kier alpha value is -1.94. The maximum atomic E-state index is 12.9. The second-order valence-electron chi connectivity index (χ2n) is 6.54. The number of thioether (sulfide) groups is 1. The van der Waals surface area contributed by atoms with E-state index in [1.165, 1.54) is 11.8 Å². The molecule has 1 saturated heterocycles. The van der Waals surface area contributed by atoms with Gasteiger partial charge < -0.3 is 9.47 Å². The summed E-state index contributed by atoms with van der Waals surface area (Å²) in [7, 11) is -1.18. The lowest BCUT2D eigenvalue weighted by Crippen LogP contribution is -2.44. The summed E-state index contributed by atoms with van der Waals surface area (Å²) in [6.45, 7) is 4.19. The first-order chi connectivity index (χ1) is 12.8. The van der Waals surface area contributed by atoms with Crippen LogP contribution >= 0.6 is 11.8 Å². The SMILES string of the molecule is CCN(C(=O)[C@@H](C)Sc1nnc(-c2ccncc2)n1C)[C@@H]1CCS(=O)(=O)C1. The van der Waals surface area contributed by atoms with Gasteiger partial charge in [0.2, 0.25) is 5.91 Å². The molecule has 0 saturated carbocycles. The van der Waals surface area contributed by atoms with Crippen molar-refractivity contribution in [2.45, 2.75) is 36.7 Å². The highest BCUT2D eigenvalue weighted by Gasteiger charge is 2.35. The third-order valence-electron chi connectivity index (χ3n) is 4.68. The van der Waals surface area contributed by atoms with E-state index in [0.29, 0.717) is 23.9 Å². The van der Waals surface area contributed by atoms with Crippen LogP contribution in [0.25, 0.3) is 11.4 Å².